The zero-order valence-corrected chi connectivity index (χ0v) is 15.3. The molecule has 0 aromatic heterocycles. The summed E-state index contributed by atoms with van der Waals surface area (Å²) in [5, 5.41) is 0. The van der Waals surface area contributed by atoms with Crippen molar-refractivity contribution in [1.29, 1.82) is 0 Å². The van der Waals surface area contributed by atoms with Gasteiger partial charge < -0.3 is 9.47 Å². The Morgan fingerprint density at radius 2 is 1.68 bits per heavy atom. The largest absolute Gasteiger partial charge is 0.486 e. The van der Waals surface area contributed by atoms with Gasteiger partial charge in [0, 0.05) is 6.07 Å². The molecule has 3 aromatic rings. The third kappa shape index (κ3) is 3.71. The van der Waals surface area contributed by atoms with E-state index in [0.717, 1.165) is 16.7 Å². The first-order valence-electron chi connectivity index (χ1n) is 8.96. The molecule has 28 heavy (non-hydrogen) atoms. The molecule has 4 heteroatoms. The highest BCUT2D eigenvalue weighted by molar-refractivity contribution is 6.14. The fourth-order valence-electron chi connectivity index (χ4n) is 3.00. The number of hydrogen-bond donors (Lipinski definition) is 0. The maximum absolute atomic E-state index is 12.6. The van der Waals surface area contributed by atoms with Gasteiger partial charge in [-0.05, 0) is 41.8 Å². The van der Waals surface area contributed by atoms with Crippen molar-refractivity contribution in [2.24, 2.45) is 0 Å². The monoisotopic (exact) mass is 370 g/mol. The van der Waals surface area contributed by atoms with Crippen LogP contribution in [0.15, 0.2) is 78.6 Å². The molecule has 3 aromatic carbocycles. The van der Waals surface area contributed by atoms with Gasteiger partial charge in [-0.15, -0.1) is 0 Å². The Morgan fingerprint density at radius 3 is 2.39 bits per heavy atom. The van der Waals surface area contributed by atoms with Crippen LogP contribution in [0.1, 0.15) is 22.8 Å². The van der Waals surface area contributed by atoms with Gasteiger partial charge in [-0.1, -0.05) is 54.6 Å². The highest BCUT2D eigenvalue weighted by Gasteiger charge is 2.27. The molecular weight excluding hydrogens is 352 g/mol. The Hall–Kier alpha value is -3.66. The SMILES string of the molecule is CC(=O)COc1ccc2c(c1)OC(=Cc1ccc(-c3ccccc3)cc1)C2=O. The average molecular weight is 370 g/mol. The lowest BCUT2D eigenvalue weighted by Crippen LogP contribution is -2.06. The second-order valence-corrected chi connectivity index (χ2v) is 6.58. The van der Waals surface area contributed by atoms with Crippen LogP contribution in [0.2, 0.25) is 0 Å². The number of fused-ring (bicyclic) bond motifs is 1. The first kappa shape index (κ1) is 17.7. The minimum absolute atomic E-state index is 0.0107. The van der Waals surface area contributed by atoms with Gasteiger partial charge in [0.2, 0.25) is 5.78 Å². The van der Waals surface area contributed by atoms with Crippen molar-refractivity contribution in [1.82, 2.24) is 0 Å². The smallest absolute Gasteiger partial charge is 0.231 e. The second-order valence-electron chi connectivity index (χ2n) is 6.58. The lowest BCUT2D eigenvalue weighted by molar-refractivity contribution is -0.118. The lowest BCUT2D eigenvalue weighted by Gasteiger charge is -2.05. The van der Waals surface area contributed by atoms with Crippen molar-refractivity contribution < 1.29 is 19.1 Å². The zero-order valence-electron chi connectivity index (χ0n) is 15.3. The van der Waals surface area contributed by atoms with Crippen molar-refractivity contribution in [3.63, 3.8) is 0 Å². The normalized spacial score (nSPS) is 13.9. The van der Waals surface area contributed by atoms with Gasteiger partial charge in [-0.25, -0.2) is 0 Å². The van der Waals surface area contributed by atoms with Gasteiger partial charge >= 0.3 is 0 Å². The number of benzene rings is 3. The van der Waals surface area contributed by atoms with Gasteiger partial charge in [0.25, 0.3) is 0 Å². The van der Waals surface area contributed by atoms with Crippen LogP contribution in [-0.2, 0) is 4.79 Å². The number of Topliss-reactive ketones (excluding diaryl/α,β-unsaturated/α-hetero) is 2. The molecule has 4 nitrogen and oxygen atoms in total. The highest BCUT2D eigenvalue weighted by Crippen LogP contribution is 2.35. The number of hydrogen-bond acceptors (Lipinski definition) is 4. The van der Waals surface area contributed by atoms with Crippen molar-refractivity contribution in [3.05, 3.63) is 89.7 Å². The van der Waals surface area contributed by atoms with Crippen molar-refractivity contribution in [3.8, 4) is 22.6 Å². The van der Waals surface area contributed by atoms with Crippen molar-refractivity contribution >= 4 is 17.6 Å². The zero-order chi connectivity index (χ0) is 19.5. The number of carbonyl (C=O) groups excluding carboxylic acids is 2. The van der Waals surface area contributed by atoms with Gasteiger partial charge in [0.15, 0.2) is 11.5 Å². The summed E-state index contributed by atoms with van der Waals surface area (Å²) in [7, 11) is 0. The third-order valence-electron chi connectivity index (χ3n) is 4.40. The van der Waals surface area contributed by atoms with Gasteiger partial charge in [0.1, 0.15) is 18.1 Å². The maximum atomic E-state index is 12.6. The fraction of sp³-hybridized carbons (Fsp3) is 0.0833. The summed E-state index contributed by atoms with van der Waals surface area (Å²) in [6.45, 7) is 1.44. The van der Waals surface area contributed by atoms with Gasteiger partial charge in [-0.2, -0.15) is 0 Å². The highest BCUT2D eigenvalue weighted by atomic mass is 16.5. The predicted molar refractivity (Wildman–Crippen MR) is 107 cm³/mol. The van der Waals surface area contributed by atoms with Gasteiger partial charge in [-0.3, -0.25) is 9.59 Å². The van der Waals surface area contributed by atoms with Crippen molar-refractivity contribution in [2.75, 3.05) is 6.61 Å². The maximum Gasteiger partial charge on any atom is 0.231 e. The van der Waals surface area contributed by atoms with E-state index in [9.17, 15) is 9.59 Å². The molecule has 0 radical (unpaired) electrons. The Kier molecular flexibility index (Phi) is 4.77. The summed E-state index contributed by atoms with van der Waals surface area (Å²) in [6.07, 6.45) is 1.73. The molecule has 0 N–H and O–H groups in total. The van der Waals surface area contributed by atoms with Crippen LogP contribution in [0.4, 0.5) is 0 Å². The summed E-state index contributed by atoms with van der Waals surface area (Å²) in [5.74, 6) is 0.969. The van der Waals surface area contributed by atoms with Crippen LogP contribution in [0, 0.1) is 0 Å². The lowest BCUT2D eigenvalue weighted by atomic mass is 10.0. The molecule has 0 fully saturated rings. The first-order valence-corrected chi connectivity index (χ1v) is 8.96. The number of ether oxygens (including phenoxy) is 2. The van der Waals surface area contributed by atoms with Crippen LogP contribution in [0.3, 0.4) is 0 Å². The van der Waals surface area contributed by atoms with E-state index in [4.69, 9.17) is 9.47 Å². The standard InChI is InChI=1S/C24H18O4/c1-16(25)15-27-20-11-12-21-22(14-20)28-23(24(21)26)13-17-7-9-19(10-8-17)18-5-3-2-4-6-18/h2-14H,15H2,1H3. The van der Waals surface area contributed by atoms with E-state index in [1.54, 1.807) is 24.3 Å². The number of carbonyl (C=O) groups is 2. The summed E-state index contributed by atoms with van der Waals surface area (Å²) in [6, 6.07) is 23.0. The van der Waals surface area contributed by atoms with E-state index in [0.29, 0.717) is 17.1 Å². The minimum Gasteiger partial charge on any atom is -0.486 e. The van der Waals surface area contributed by atoms with Gasteiger partial charge in [0.05, 0.1) is 5.56 Å². The molecule has 0 saturated carbocycles. The van der Waals surface area contributed by atoms with Crippen LogP contribution < -0.4 is 9.47 Å². The van der Waals surface area contributed by atoms with E-state index in [1.165, 1.54) is 6.92 Å². The Balaban J connectivity index is 1.53. The average Bonchev–Trinajstić information content (AvgIpc) is 3.02. The minimum atomic E-state index is -0.166. The van der Waals surface area contributed by atoms with E-state index < -0.39 is 0 Å². The molecule has 0 amide bonds. The molecule has 0 unspecified atom stereocenters. The Bertz CT molecular complexity index is 1060. The summed E-state index contributed by atoms with van der Waals surface area (Å²) in [4.78, 5) is 23.6. The fourth-order valence-corrected chi connectivity index (χ4v) is 3.00. The molecular formula is C24H18O4. The molecule has 1 aliphatic rings. The predicted octanol–water partition coefficient (Wildman–Crippen LogP) is 4.94. The molecule has 1 aliphatic heterocycles. The van der Waals surface area contributed by atoms with Crippen LogP contribution >= 0.6 is 0 Å². The molecule has 0 atom stereocenters. The van der Waals surface area contributed by atoms with E-state index in [1.807, 2.05) is 42.5 Å². The quantitative estimate of drug-likeness (QED) is 0.597. The molecule has 1 heterocycles. The molecule has 0 bridgehead atoms. The summed E-state index contributed by atoms with van der Waals surface area (Å²) < 4.78 is 11.1. The Morgan fingerprint density at radius 1 is 0.964 bits per heavy atom. The molecule has 138 valence electrons. The number of ketones is 2. The second kappa shape index (κ2) is 7.53. The topological polar surface area (TPSA) is 52.6 Å². The van der Waals surface area contributed by atoms with Crippen LogP contribution in [0.5, 0.6) is 11.5 Å². The summed E-state index contributed by atoms with van der Waals surface area (Å²) >= 11 is 0. The molecule has 0 spiro atoms. The van der Waals surface area contributed by atoms with E-state index >= 15 is 0 Å². The Labute approximate surface area is 163 Å². The van der Waals surface area contributed by atoms with E-state index in [-0.39, 0.29) is 23.9 Å². The van der Waals surface area contributed by atoms with Crippen LogP contribution in [-0.4, -0.2) is 18.2 Å². The third-order valence-corrected chi connectivity index (χ3v) is 4.40. The van der Waals surface area contributed by atoms with Crippen molar-refractivity contribution in [2.45, 2.75) is 6.92 Å². The number of allylic oxidation sites excluding steroid dienone is 1. The summed E-state index contributed by atoms with van der Waals surface area (Å²) in [5.41, 5.74) is 3.61. The van der Waals surface area contributed by atoms with E-state index in [2.05, 4.69) is 12.1 Å². The molecule has 0 aliphatic carbocycles. The molecule has 4 rings (SSSR count). The van der Waals surface area contributed by atoms with Crippen LogP contribution in [0.25, 0.3) is 17.2 Å². The first-order chi connectivity index (χ1) is 13.6. The molecule has 0 saturated heterocycles. The number of rotatable bonds is 5.